The lowest BCUT2D eigenvalue weighted by molar-refractivity contribution is -0.192. The van der Waals surface area contributed by atoms with Gasteiger partial charge in [-0.2, -0.15) is 13.2 Å². The van der Waals surface area contributed by atoms with Gasteiger partial charge in [0.05, 0.1) is 0 Å². The van der Waals surface area contributed by atoms with Crippen molar-refractivity contribution in [1.29, 1.82) is 0 Å². The van der Waals surface area contributed by atoms with Crippen LogP contribution >= 0.6 is 11.6 Å². The maximum absolute atomic E-state index is 12.9. The van der Waals surface area contributed by atoms with Gasteiger partial charge in [-0.05, 0) is 43.0 Å². The number of alkyl halides is 3. The molecule has 0 radical (unpaired) electrons. The summed E-state index contributed by atoms with van der Waals surface area (Å²) in [7, 11) is 3.80. The number of carboxylic acids is 1. The van der Waals surface area contributed by atoms with Crippen molar-refractivity contribution in [2.24, 2.45) is 5.92 Å². The number of nitrogens with one attached hydrogen (secondary N) is 1. The van der Waals surface area contributed by atoms with Crippen LogP contribution in [0.4, 0.5) is 24.8 Å². The van der Waals surface area contributed by atoms with Crippen molar-refractivity contribution in [3.63, 3.8) is 0 Å². The topological polar surface area (TPSA) is 100 Å². The molecule has 2 heterocycles. The van der Waals surface area contributed by atoms with E-state index < -0.39 is 12.1 Å². The van der Waals surface area contributed by atoms with E-state index in [2.05, 4.69) is 15.3 Å². The van der Waals surface area contributed by atoms with Gasteiger partial charge in [0, 0.05) is 61.1 Å². The summed E-state index contributed by atoms with van der Waals surface area (Å²) in [4.78, 5) is 32.4. The molecular formula is C23H23ClF3N5O3. The Balaban J connectivity index is 0.000000429. The van der Waals surface area contributed by atoms with Gasteiger partial charge in [0.25, 0.3) is 5.91 Å². The highest BCUT2D eigenvalue weighted by atomic mass is 35.5. The van der Waals surface area contributed by atoms with Crippen LogP contribution in [0.3, 0.4) is 0 Å². The molecule has 35 heavy (non-hydrogen) atoms. The first-order valence-corrected chi connectivity index (χ1v) is 10.9. The second kappa shape index (κ2) is 10.8. The average molecular weight is 510 g/mol. The van der Waals surface area contributed by atoms with Gasteiger partial charge < -0.3 is 19.9 Å². The zero-order valence-electron chi connectivity index (χ0n) is 18.9. The number of carbonyl (C=O) groups excluding carboxylic acids is 1. The van der Waals surface area contributed by atoms with Gasteiger partial charge in [0.1, 0.15) is 5.69 Å². The lowest BCUT2D eigenvalue weighted by atomic mass is 10.2. The number of aromatic nitrogens is 3. The average Bonchev–Trinajstić information content (AvgIpc) is 3.49. The Morgan fingerprint density at radius 1 is 1.17 bits per heavy atom. The second-order valence-corrected chi connectivity index (χ2v) is 8.58. The fraction of sp³-hybridized carbons (Fsp3) is 0.304. The van der Waals surface area contributed by atoms with E-state index in [9.17, 15) is 18.0 Å². The Morgan fingerprint density at radius 2 is 1.80 bits per heavy atom. The molecule has 0 spiro atoms. The smallest absolute Gasteiger partial charge is 0.475 e. The predicted octanol–water partition coefficient (Wildman–Crippen LogP) is 4.96. The quantitative estimate of drug-likeness (QED) is 0.487. The van der Waals surface area contributed by atoms with Gasteiger partial charge in [0.15, 0.2) is 0 Å². The molecule has 4 rings (SSSR count). The zero-order valence-corrected chi connectivity index (χ0v) is 19.6. The van der Waals surface area contributed by atoms with Gasteiger partial charge in [-0.3, -0.25) is 4.79 Å². The Hall–Kier alpha value is -3.60. The number of halogens is 4. The van der Waals surface area contributed by atoms with Crippen LogP contribution in [-0.2, 0) is 11.3 Å². The SMILES string of the molecule is CN(C)c1ncc(-c2cc(C(=O)Nc3cccc(Cl)c3)n(CC3CC3)c2)cn1.O=C(O)C(F)(F)F. The highest BCUT2D eigenvalue weighted by molar-refractivity contribution is 6.31. The Kier molecular flexibility index (Phi) is 8.00. The first-order valence-electron chi connectivity index (χ1n) is 10.5. The molecule has 2 N–H and O–H groups in total. The van der Waals surface area contributed by atoms with E-state index in [0.717, 1.165) is 17.7 Å². The standard InChI is InChI=1S/C21H22ClN5O.C2HF3O2/c1-26(2)21-23-10-16(11-24-21)15-8-19(27(13-15)12-14-6-7-14)20(28)25-18-5-3-4-17(22)9-18;3-2(4,5)1(6)7/h3-5,8-11,13-14H,6-7,12H2,1-2H3,(H,25,28);(H,6,7). The van der Waals surface area contributed by atoms with Crippen LogP contribution in [0.5, 0.6) is 0 Å². The summed E-state index contributed by atoms with van der Waals surface area (Å²) in [5.41, 5.74) is 3.12. The molecule has 3 aromatic rings. The third-order valence-corrected chi connectivity index (χ3v) is 5.21. The fourth-order valence-electron chi connectivity index (χ4n) is 3.05. The number of aliphatic carboxylic acids is 1. The number of hydrogen-bond donors (Lipinski definition) is 2. The summed E-state index contributed by atoms with van der Waals surface area (Å²) in [6.45, 7) is 0.842. The van der Waals surface area contributed by atoms with E-state index in [1.807, 2.05) is 48.0 Å². The van der Waals surface area contributed by atoms with Crippen molar-refractivity contribution in [2.75, 3.05) is 24.3 Å². The summed E-state index contributed by atoms with van der Waals surface area (Å²) >= 11 is 6.03. The molecule has 0 bridgehead atoms. The molecule has 12 heteroatoms. The molecule has 1 amide bonds. The highest BCUT2D eigenvalue weighted by Crippen LogP contribution is 2.33. The van der Waals surface area contributed by atoms with Crippen molar-refractivity contribution < 1.29 is 27.9 Å². The number of anilines is 2. The third kappa shape index (κ3) is 7.44. The fourth-order valence-corrected chi connectivity index (χ4v) is 3.24. The van der Waals surface area contributed by atoms with Crippen molar-refractivity contribution in [1.82, 2.24) is 14.5 Å². The number of carbonyl (C=O) groups is 2. The number of nitrogens with zero attached hydrogens (tertiary/aromatic N) is 4. The van der Waals surface area contributed by atoms with Crippen molar-refractivity contribution >= 4 is 35.1 Å². The Labute approximate surface area is 204 Å². The molecule has 1 fully saturated rings. The predicted molar refractivity (Wildman–Crippen MR) is 126 cm³/mol. The minimum absolute atomic E-state index is 0.153. The molecule has 0 saturated heterocycles. The van der Waals surface area contributed by atoms with Crippen LogP contribution in [0.1, 0.15) is 23.3 Å². The van der Waals surface area contributed by atoms with Crippen molar-refractivity contribution in [2.45, 2.75) is 25.6 Å². The lowest BCUT2D eigenvalue weighted by Gasteiger charge is -2.09. The van der Waals surface area contributed by atoms with Crippen LogP contribution in [0.25, 0.3) is 11.1 Å². The molecule has 0 atom stereocenters. The molecule has 0 unspecified atom stereocenters. The van der Waals surface area contributed by atoms with E-state index >= 15 is 0 Å². The maximum atomic E-state index is 12.9. The molecule has 186 valence electrons. The molecule has 8 nitrogen and oxygen atoms in total. The van der Waals surface area contributed by atoms with Gasteiger partial charge in [-0.25, -0.2) is 14.8 Å². The van der Waals surface area contributed by atoms with E-state index in [0.29, 0.717) is 28.3 Å². The summed E-state index contributed by atoms with van der Waals surface area (Å²) in [5.74, 6) is -1.61. The summed E-state index contributed by atoms with van der Waals surface area (Å²) in [5, 5.41) is 10.7. The second-order valence-electron chi connectivity index (χ2n) is 8.14. The number of amides is 1. The monoisotopic (exact) mass is 509 g/mol. The molecule has 1 aromatic carbocycles. The Morgan fingerprint density at radius 3 is 2.31 bits per heavy atom. The third-order valence-electron chi connectivity index (χ3n) is 4.98. The molecular weight excluding hydrogens is 487 g/mol. The van der Waals surface area contributed by atoms with Gasteiger partial charge in [-0.1, -0.05) is 17.7 Å². The number of benzene rings is 1. The van der Waals surface area contributed by atoms with Crippen molar-refractivity contribution in [3.8, 4) is 11.1 Å². The largest absolute Gasteiger partial charge is 0.490 e. The first-order chi connectivity index (χ1) is 16.4. The minimum atomic E-state index is -5.08. The van der Waals surface area contributed by atoms with Crippen LogP contribution in [0.2, 0.25) is 5.02 Å². The maximum Gasteiger partial charge on any atom is 0.490 e. The van der Waals surface area contributed by atoms with Crippen molar-refractivity contribution in [3.05, 3.63) is 59.6 Å². The molecule has 2 aromatic heterocycles. The van der Waals surface area contributed by atoms with E-state index in [-0.39, 0.29) is 5.91 Å². The number of carboxylic acid groups (broad SMARTS) is 1. The summed E-state index contributed by atoms with van der Waals surface area (Å²) < 4.78 is 33.8. The van der Waals surface area contributed by atoms with Crippen LogP contribution in [-0.4, -0.2) is 51.8 Å². The normalized spacial score (nSPS) is 13.0. The molecule has 1 saturated carbocycles. The molecule has 1 aliphatic carbocycles. The zero-order chi connectivity index (χ0) is 25.8. The molecule has 1 aliphatic rings. The highest BCUT2D eigenvalue weighted by Gasteiger charge is 2.38. The van der Waals surface area contributed by atoms with Crippen LogP contribution in [0.15, 0.2) is 48.9 Å². The lowest BCUT2D eigenvalue weighted by Crippen LogP contribution is -2.21. The number of rotatable bonds is 6. The summed E-state index contributed by atoms with van der Waals surface area (Å²) in [6, 6.07) is 9.06. The van der Waals surface area contributed by atoms with Gasteiger partial charge in [-0.15, -0.1) is 0 Å². The van der Waals surface area contributed by atoms with Crippen LogP contribution in [0, 0.1) is 5.92 Å². The Bertz CT molecular complexity index is 1190. The first kappa shape index (κ1) is 26.0. The van der Waals surface area contributed by atoms with E-state index in [1.165, 1.54) is 12.8 Å². The minimum Gasteiger partial charge on any atom is -0.475 e. The summed E-state index contributed by atoms with van der Waals surface area (Å²) in [6.07, 6.45) is 2.93. The number of hydrogen-bond acceptors (Lipinski definition) is 5. The van der Waals surface area contributed by atoms with Crippen LogP contribution < -0.4 is 10.2 Å². The van der Waals surface area contributed by atoms with E-state index in [4.69, 9.17) is 21.5 Å². The van der Waals surface area contributed by atoms with Gasteiger partial charge in [0.2, 0.25) is 5.95 Å². The van der Waals surface area contributed by atoms with E-state index in [1.54, 1.807) is 24.5 Å². The molecule has 0 aliphatic heterocycles. The van der Waals surface area contributed by atoms with Gasteiger partial charge >= 0.3 is 12.1 Å².